The fourth-order valence-corrected chi connectivity index (χ4v) is 4.38. The molecule has 184 valence electrons. The van der Waals surface area contributed by atoms with Crippen LogP contribution in [-0.4, -0.2) is 36.8 Å². The molecule has 0 amide bonds. The van der Waals surface area contributed by atoms with Crippen molar-refractivity contribution in [2.45, 2.75) is 70.1 Å². The van der Waals surface area contributed by atoms with Crippen LogP contribution >= 0.6 is 0 Å². The van der Waals surface area contributed by atoms with E-state index in [1.54, 1.807) is 0 Å². The summed E-state index contributed by atoms with van der Waals surface area (Å²) >= 11 is 0. The van der Waals surface area contributed by atoms with Crippen LogP contribution in [0.3, 0.4) is 0 Å². The predicted octanol–water partition coefficient (Wildman–Crippen LogP) is 5.51. The van der Waals surface area contributed by atoms with Crippen LogP contribution in [0.5, 0.6) is 0 Å². The van der Waals surface area contributed by atoms with Gasteiger partial charge in [0.1, 0.15) is 12.4 Å². The van der Waals surface area contributed by atoms with Gasteiger partial charge in [0.25, 0.3) is 0 Å². The van der Waals surface area contributed by atoms with Gasteiger partial charge >= 0.3 is 0 Å². The summed E-state index contributed by atoms with van der Waals surface area (Å²) in [6.07, 6.45) is 0.397. The summed E-state index contributed by atoms with van der Waals surface area (Å²) in [5.74, 6) is 0. The zero-order valence-corrected chi connectivity index (χ0v) is 20.2. The molecule has 3 aromatic rings. The molecule has 0 aliphatic carbocycles. The lowest BCUT2D eigenvalue weighted by atomic mass is 9.93. The minimum atomic E-state index is -0.404. The van der Waals surface area contributed by atoms with E-state index in [0.29, 0.717) is 26.2 Å². The number of carbonyl (C=O) groups excluding carboxylic acids is 1. The Morgan fingerprint density at radius 2 is 1.31 bits per heavy atom. The predicted molar refractivity (Wildman–Crippen MR) is 135 cm³/mol. The van der Waals surface area contributed by atoms with E-state index in [0.717, 1.165) is 23.0 Å². The van der Waals surface area contributed by atoms with Crippen LogP contribution in [0.4, 0.5) is 0 Å². The average Bonchev–Trinajstić information content (AvgIpc) is 2.91. The van der Waals surface area contributed by atoms with Crippen LogP contribution in [0, 0.1) is 0 Å². The van der Waals surface area contributed by atoms with Crippen molar-refractivity contribution in [1.82, 2.24) is 0 Å². The summed E-state index contributed by atoms with van der Waals surface area (Å²) in [5.41, 5.74) is 3.28. The molecule has 0 spiro atoms. The quantitative estimate of drug-likeness (QED) is 0.324. The third-order valence-corrected chi connectivity index (χ3v) is 6.35. The van der Waals surface area contributed by atoms with E-state index in [1.165, 1.54) is 0 Å². The Labute approximate surface area is 208 Å². The van der Waals surface area contributed by atoms with Crippen molar-refractivity contribution in [1.29, 1.82) is 0 Å². The third-order valence-electron chi connectivity index (χ3n) is 6.35. The zero-order chi connectivity index (χ0) is 24.3. The Balaban J connectivity index is 1.46. The third kappa shape index (κ3) is 7.58. The van der Waals surface area contributed by atoms with Gasteiger partial charge in [-0.3, -0.25) is 0 Å². The summed E-state index contributed by atoms with van der Waals surface area (Å²) < 4.78 is 25.3. The number of benzene rings is 3. The van der Waals surface area contributed by atoms with E-state index in [9.17, 15) is 4.79 Å². The van der Waals surface area contributed by atoms with Crippen LogP contribution < -0.4 is 0 Å². The maximum absolute atomic E-state index is 11.6. The van der Waals surface area contributed by atoms with E-state index >= 15 is 0 Å². The van der Waals surface area contributed by atoms with Gasteiger partial charge in [0.2, 0.25) is 0 Å². The topological polar surface area (TPSA) is 54.0 Å². The maximum Gasteiger partial charge on any atom is 0.122 e. The van der Waals surface area contributed by atoms with Gasteiger partial charge in [0.05, 0.1) is 44.2 Å². The molecule has 0 bridgehead atoms. The molecule has 5 nitrogen and oxygen atoms in total. The van der Waals surface area contributed by atoms with Gasteiger partial charge in [-0.2, -0.15) is 0 Å². The molecule has 1 aliphatic heterocycles. The molecule has 5 atom stereocenters. The normalized spacial score (nSPS) is 23.0. The number of carbonyl (C=O) groups is 1. The Kier molecular flexibility index (Phi) is 9.61. The Bertz CT molecular complexity index is 995. The molecule has 0 N–H and O–H groups in total. The Hall–Kier alpha value is -2.83. The van der Waals surface area contributed by atoms with Crippen molar-refractivity contribution < 1.29 is 23.7 Å². The monoisotopic (exact) mass is 474 g/mol. The van der Waals surface area contributed by atoms with Crippen molar-refractivity contribution in [3.05, 3.63) is 108 Å². The van der Waals surface area contributed by atoms with Gasteiger partial charge < -0.3 is 23.7 Å². The van der Waals surface area contributed by atoms with Gasteiger partial charge in [0.15, 0.2) is 0 Å². The Morgan fingerprint density at radius 3 is 1.86 bits per heavy atom. The maximum atomic E-state index is 11.6. The number of ether oxygens (including phenoxy) is 4. The summed E-state index contributed by atoms with van der Waals surface area (Å²) in [6, 6.07) is 30.2. The fourth-order valence-electron chi connectivity index (χ4n) is 4.38. The molecule has 1 saturated heterocycles. The van der Waals surface area contributed by atoms with Crippen LogP contribution in [0.1, 0.15) is 36.5 Å². The second kappa shape index (κ2) is 13.3. The molecule has 0 radical (unpaired) electrons. The first-order valence-electron chi connectivity index (χ1n) is 12.3. The van der Waals surface area contributed by atoms with Crippen molar-refractivity contribution in [3.8, 4) is 0 Å². The fraction of sp³-hybridized carbons (Fsp3) is 0.367. The Morgan fingerprint density at radius 1 is 0.800 bits per heavy atom. The van der Waals surface area contributed by atoms with Gasteiger partial charge in [-0.1, -0.05) is 91.0 Å². The second-order valence-electron chi connectivity index (χ2n) is 8.95. The molecule has 0 saturated carbocycles. The number of aldehydes is 1. The molecule has 0 unspecified atom stereocenters. The standard InChI is InChI=1S/C30H34O5/c1-23(32-20-24-11-5-2-6-12-24)28-19-29(33-21-25-13-7-3-8-14-25)30(27(35-28)17-18-31)34-22-26-15-9-4-10-16-26/h2-16,18,23,27-30H,17,19-22H2,1H3/t23-,27+,28-,29-,30+/m0/s1. The zero-order valence-electron chi connectivity index (χ0n) is 20.2. The molecule has 5 heteroatoms. The lowest BCUT2D eigenvalue weighted by Crippen LogP contribution is -2.53. The lowest BCUT2D eigenvalue weighted by Gasteiger charge is -2.43. The minimum absolute atomic E-state index is 0.165. The first-order chi connectivity index (χ1) is 17.2. The highest BCUT2D eigenvalue weighted by molar-refractivity contribution is 5.50. The van der Waals surface area contributed by atoms with E-state index in [4.69, 9.17) is 18.9 Å². The highest BCUT2D eigenvalue weighted by atomic mass is 16.6. The van der Waals surface area contributed by atoms with Crippen LogP contribution in [0.15, 0.2) is 91.0 Å². The van der Waals surface area contributed by atoms with Crippen molar-refractivity contribution in [2.24, 2.45) is 0 Å². The molecular formula is C30H34O5. The van der Waals surface area contributed by atoms with Gasteiger partial charge in [-0.25, -0.2) is 0 Å². The van der Waals surface area contributed by atoms with E-state index < -0.39 is 6.10 Å². The van der Waals surface area contributed by atoms with E-state index in [1.807, 2.05) is 97.9 Å². The first kappa shape index (κ1) is 25.3. The van der Waals surface area contributed by atoms with Gasteiger partial charge in [-0.15, -0.1) is 0 Å². The van der Waals surface area contributed by atoms with Crippen LogP contribution in [-0.2, 0) is 43.6 Å². The summed E-state index contributed by atoms with van der Waals surface area (Å²) in [7, 11) is 0. The van der Waals surface area contributed by atoms with Crippen LogP contribution in [0.2, 0.25) is 0 Å². The van der Waals surface area contributed by atoms with E-state index in [2.05, 4.69) is 0 Å². The summed E-state index contributed by atoms with van der Waals surface area (Å²) in [4.78, 5) is 11.6. The molecular weight excluding hydrogens is 440 g/mol. The molecule has 1 aliphatic rings. The lowest BCUT2D eigenvalue weighted by molar-refractivity contribution is -0.227. The average molecular weight is 475 g/mol. The highest BCUT2D eigenvalue weighted by Crippen LogP contribution is 2.31. The smallest absolute Gasteiger partial charge is 0.122 e. The van der Waals surface area contributed by atoms with Crippen molar-refractivity contribution >= 4 is 6.29 Å². The molecule has 3 aromatic carbocycles. The summed E-state index contributed by atoms with van der Waals surface area (Å²) in [5, 5.41) is 0. The first-order valence-corrected chi connectivity index (χ1v) is 12.3. The molecule has 4 rings (SSSR count). The van der Waals surface area contributed by atoms with E-state index in [-0.39, 0.29) is 30.8 Å². The van der Waals surface area contributed by atoms with Crippen molar-refractivity contribution in [3.63, 3.8) is 0 Å². The molecule has 0 aromatic heterocycles. The highest BCUT2D eigenvalue weighted by Gasteiger charge is 2.42. The largest absolute Gasteiger partial charge is 0.371 e. The van der Waals surface area contributed by atoms with Crippen LogP contribution in [0.25, 0.3) is 0 Å². The van der Waals surface area contributed by atoms with Crippen molar-refractivity contribution in [2.75, 3.05) is 0 Å². The molecule has 1 fully saturated rings. The number of rotatable bonds is 12. The summed E-state index contributed by atoms with van der Waals surface area (Å²) in [6.45, 7) is 3.42. The molecule has 1 heterocycles. The van der Waals surface area contributed by atoms with Gasteiger partial charge in [-0.05, 0) is 23.6 Å². The number of hydrogen-bond donors (Lipinski definition) is 0. The SMILES string of the molecule is C[C@H](OCc1ccccc1)[C@@H]1C[C@H](OCc2ccccc2)[C@H](OCc2ccccc2)[C@@H](CC=O)O1. The second-order valence-corrected chi connectivity index (χ2v) is 8.95. The minimum Gasteiger partial charge on any atom is -0.371 e. The number of hydrogen-bond acceptors (Lipinski definition) is 5. The van der Waals surface area contributed by atoms with Gasteiger partial charge in [0, 0.05) is 12.8 Å². The molecule has 35 heavy (non-hydrogen) atoms.